The number of nitrogens with one attached hydrogen (secondary N) is 2. The summed E-state index contributed by atoms with van der Waals surface area (Å²) in [5, 5.41) is 10.4. The molecule has 4 nitrogen and oxygen atoms in total. The Balaban J connectivity index is 2.34. The van der Waals surface area contributed by atoms with E-state index in [9.17, 15) is 0 Å². The molecule has 0 spiro atoms. The van der Waals surface area contributed by atoms with Gasteiger partial charge in [0.05, 0.1) is 11.9 Å². The quantitative estimate of drug-likeness (QED) is 0.639. The Morgan fingerprint density at radius 2 is 1.95 bits per heavy atom. The highest BCUT2D eigenvalue weighted by Crippen LogP contribution is 2.20. The SMILES string of the molecule is C/C(=C(\C=N/C=N)N1CCNCC1)c1ccccc1. The number of hydrogen-bond acceptors (Lipinski definition) is 3. The van der Waals surface area contributed by atoms with Crippen molar-refractivity contribution >= 4 is 18.1 Å². The third-order valence-corrected chi connectivity index (χ3v) is 3.32. The molecule has 1 aliphatic rings. The molecule has 0 radical (unpaired) electrons. The summed E-state index contributed by atoms with van der Waals surface area (Å²) >= 11 is 0. The summed E-state index contributed by atoms with van der Waals surface area (Å²) in [6.45, 7) is 6.05. The van der Waals surface area contributed by atoms with E-state index in [1.165, 1.54) is 11.1 Å². The van der Waals surface area contributed by atoms with Crippen LogP contribution in [0.1, 0.15) is 12.5 Å². The lowest BCUT2D eigenvalue weighted by Crippen LogP contribution is -2.43. The van der Waals surface area contributed by atoms with Gasteiger partial charge in [0.2, 0.25) is 0 Å². The van der Waals surface area contributed by atoms with E-state index in [0.717, 1.165) is 38.2 Å². The van der Waals surface area contributed by atoms with Gasteiger partial charge >= 0.3 is 0 Å². The lowest BCUT2D eigenvalue weighted by Gasteiger charge is -2.31. The van der Waals surface area contributed by atoms with Crippen molar-refractivity contribution in [2.45, 2.75) is 6.92 Å². The van der Waals surface area contributed by atoms with Crippen LogP contribution in [0.3, 0.4) is 0 Å². The number of piperazine rings is 1. The average Bonchev–Trinajstić information content (AvgIpc) is 2.49. The molecule has 0 bridgehead atoms. The van der Waals surface area contributed by atoms with E-state index in [2.05, 4.69) is 34.3 Å². The van der Waals surface area contributed by atoms with Gasteiger partial charge in [-0.15, -0.1) is 0 Å². The van der Waals surface area contributed by atoms with E-state index in [1.807, 2.05) is 18.2 Å². The molecule has 0 unspecified atom stereocenters. The van der Waals surface area contributed by atoms with E-state index in [1.54, 1.807) is 6.21 Å². The van der Waals surface area contributed by atoms with Gasteiger partial charge in [-0.3, -0.25) is 5.41 Å². The van der Waals surface area contributed by atoms with Crippen LogP contribution < -0.4 is 5.32 Å². The summed E-state index contributed by atoms with van der Waals surface area (Å²) < 4.78 is 0. The first-order chi connectivity index (χ1) is 9.33. The maximum atomic E-state index is 7.08. The van der Waals surface area contributed by atoms with Gasteiger partial charge < -0.3 is 10.2 Å². The molecule has 2 N–H and O–H groups in total. The lowest BCUT2D eigenvalue weighted by atomic mass is 10.0. The molecule has 1 aromatic rings. The van der Waals surface area contributed by atoms with Crippen molar-refractivity contribution in [3.63, 3.8) is 0 Å². The minimum absolute atomic E-state index is 0.976. The van der Waals surface area contributed by atoms with Crippen molar-refractivity contribution < 1.29 is 0 Å². The first-order valence-electron chi connectivity index (χ1n) is 6.57. The standard InChI is InChI=1S/C15H20N4/c1-13(14-5-3-2-4-6-14)15(11-18-12-16)19-9-7-17-8-10-19/h2-6,11-12,16-17H,7-10H2,1H3/b15-13-,16-12?,18-11-. The molecule has 1 fully saturated rings. The smallest absolute Gasteiger partial charge is 0.106 e. The predicted molar refractivity (Wildman–Crippen MR) is 80.8 cm³/mol. The van der Waals surface area contributed by atoms with Crippen LogP contribution in [0, 0.1) is 5.41 Å². The Bertz CT molecular complexity index is 470. The van der Waals surface area contributed by atoms with Crippen LogP contribution in [0.4, 0.5) is 0 Å². The highest BCUT2D eigenvalue weighted by atomic mass is 15.2. The van der Waals surface area contributed by atoms with Gasteiger partial charge in [0, 0.05) is 26.2 Å². The van der Waals surface area contributed by atoms with Crippen LogP contribution in [-0.4, -0.2) is 43.6 Å². The number of nitrogens with zero attached hydrogens (tertiary/aromatic N) is 2. The first kappa shape index (κ1) is 13.5. The van der Waals surface area contributed by atoms with E-state index in [4.69, 9.17) is 5.41 Å². The molecular formula is C15H20N4. The van der Waals surface area contributed by atoms with Crippen LogP contribution in [0.25, 0.3) is 5.57 Å². The molecule has 0 amide bonds. The largest absolute Gasteiger partial charge is 0.368 e. The molecule has 1 aromatic carbocycles. The predicted octanol–water partition coefficient (Wildman–Crippen LogP) is 2.00. The third kappa shape index (κ3) is 3.51. The lowest BCUT2D eigenvalue weighted by molar-refractivity contribution is 0.314. The van der Waals surface area contributed by atoms with Crippen molar-refractivity contribution in [3.05, 3.63) is 41.6 Å². The Kier molecular flexibility index (Phi) is 4.86. The van der Waals surface area contributed by atoms with Crippen molar-refractivity contribution in [3.8, 4) is 0 Å². The molecular weight excluding hydrogens is 236 g/mol. The van der Waals surface area contributed by atoms with E-state index in [0.29, 0.717) is 0 Å². The van der Waals surface area contributed by atoms with E-state index < -0.39 is 0 Å². The van der Waals surface area contributed by atoms with Gasteiger partial charge in [0.1, 0.15) is 6.34 Å². The number of aliphatic imine (C=N–C) groups is 1. The van der Waals surface area contributed by atoms with Gasteiger partial charge in [0.15, 0.2) is 0 Å². The first-order valence-corrected chi connectivity index (χ1v) is 6.57. The molecule has 1 heterocycles. The summed E-state index contributed by atoms with van der Waals surface area (Å²) in [5.41, 5.74) is 3.51. The molecule has 100 valence electrons. The van der Waals surface area contributed by atoms with Crippen molar-refractivity contribution in [1.29, 1.82) is 5.41 Å². The van der Waals surface area contributed by atoms with Crippen molar-refractivity contribution in [1.82, 2.24) is 10.2 Å². The molecule has 0 saturated carbocycles. The normalized spacial score (nSPS) is 17.4. The fourth-order valence-corrected chi connectivity index (χ4v) is 2.27. The van der Waals surface area contributed by atoms with Crippen LogP contribution in [-0.2, 0) is 0 Å². The van der Waals surface area contributed by atoms with Gasteiger partial charge in [-0.1, -0.05) is 30.3 Å². The molecule has 1 saturated heterocycles. The van der Waals surface area contributed by atoms with E-state index in [-0.39, 0.29) is 0 Å². The molecule has 4 heteroatoms. The van der Waals surface area contributed by atoms with Crippen molar-refractivity contribution in [2.24, 2.45) is 4.99 Å². The molecule has 0 aliphatic carbocycles. The summed E-state index contributed by atoms with van der Waals surface area (Å²) in [5.74, 6) is 0. The summed E-state index contributed by atoms with van der Waals surface area (Å²) in [6.07, 6.45) is 2.88. The second-order valence-corrected chi connectivity index (χ2v) is 4.52. The van der Waals surface area contributed by atoms with Gasteiger partial charge in [-0.05, 0) is 18.1 Å². The zero-order valence-electron chi connectivity index (χ0n) is 11.3. The Morgan fingerprint density at radius 1 is 1.26 bits per heavy atom. The number of hydrogen-bond donors (Lipinski definition) is 2. The van der Waals surface area contributed by atoms with Crippen LogP contribution >= 0.6 is 0 Å². The molecule has 0 aromatic heterocycles. The summed E-state index contributed by atoms with van der Waals surface area (Å²) in [4.78, 5) is 6.32. The zero-order valence-corrected chi connectivity index (χ0v) is 11.3. The average molecular weight is 256 g/mol. The number of allylic oxidation sites excluding steroid dienone is 2. The Labute approximate surface area is 114 Å². The third-order valence-electron chi connectivity index (χ3n) is 3.32. The zero-order chi connectivity index (χ0) is 13.5. The second-order valence-electron chi connectivity index (χ2n) is 4.52. The summed E-state index contributed by atoms with van der Waals surface area (Å²) in [6, 6.07) is 10.3. The van der Waals surface area contributed by atoms with Gasteiger partial charge in [0.25, 0.3) is 0 Å². The maximum absolute atomic E-state index is 7.08. The van der Waals surface area contributed by atoms with E-state index >= 15 is 0 Å². The monoisotopic (exact) mass is 256 g/mol. The van der Waals surface area contributed by atoms with Gasteiger partial charge in [-0.25, -0.2) is 4.99 Å². The molecule has 2 rings (SSSR count). The highest BCUT2D eigenvalue weighted by Gasteiger charge is 2.14. The molecule has 0 atom stereocenters. The highest BCUT2D eigenvalue weighted by molar-refractivity contribution is 5.92. The minimum Gasteiger partial charge on any atom is -0.368 e. The summed E-state index contributed by atoms with van der Waals surface area (Å²) in [7, 11) is 0. The molecule has 19 heavy (non-hydrogen) atoms. The Morgan fingerprint density at radius 3 is 2.58 bits per heavy atom. The fraction of sp³-hybridized carbons (Fsp3) is 0.333. The molecule has 1 aliphatic heterocycles. The number of benzene rings is 1. The fourth-order valence-electron chi connectivity index (χ4n) is 2.27. The Hall–Kier alpha value is -1.94. The number of rotatable bonds is 4. The maximum Gasteiger partial charge on any atom is 0.106 e. The van der Waals surface area contributed by atoms with Crippen LogP contribution in [0.2, 0.25) is 0 Å². The van der Waals surface area contributed by atoms with Crippen LogP contribution in [0.15, 0.2) is 41.0 Å². The van der Waals surface area contributed by atoms with Gasteiger partial charge in [-0.2, -0.15) is 0 Å². The minimum atomic E-state index is 0.976. The second kappa shape index (κ2) is 6.85. The van der Waals surface area contributed by atoms with Crippen molar-refractivity contribution in [2.75, 3.05) is 26.2 Å². The van der Waals surface area contributed by atoms with Crippen LogP contribution in [0.5, 0.6) is 0 Å². The topological polar surface area (TPSA) is 51.5 Å².